The fraction of sp³-hybridized carbons (Fsp3) is 0.435. The number of carboxylic acids is 1. The van der Waals surface area contributed by atoms with E-state index < -0.39 is 5.97 Å². The number of nitrogens with zero attached hydrogens (tertiary/aromatic N) is 1. The summed E-state index contributed by atoms with van der Waals surface area (Å²) in [5.41, 5.74) is 5.64. The molecular formula is C23H30N2O2. The predicted molar refractivity (Wildman–Crippen MR) is 112 cm³/mol. The Kier molecular flexibility index (Phi) is 5.45. The number of benzene rings is 2. The van der Waals surface area contributed by atoms with Gasteiger partial charge in [-0.15, -0.1) is 0 Å². The van der Waals surface area contributed by atoms with Gasteiger partial charge in [-0.1, -0.05) is 26.0 Å². The molecule has 4 nitrogen and oxygen atoms in total. The largest absolute Gasteiger partial charge is 0.478 e. The smallest absolute Gasteiger partial charge is 0.335 e. The summed E-state index contributed by atoms with van der Waals surface area (Å²) in [4.78, 5) is 13.4. The first-order chi connectivity index (χ1) is 12.8. The van der Waals surface area contributed by atoms with E-state index in [2.05, 4.69) is 56.1 Å². The second-order valence-corrected chi connectivity index (χ2v) is 8.33. The molecule has 2 aromatic carbocycles. The molecule has 2 aromatic rings. The third-order valence-corrected chi connectivity index (χ3v) is 5.58. The Morgan fingerprint density at radius 3 is 2.52 bits per heavy atom. The quantitative estimate of drug-likeness (QED) is 0.761. The maximum Gasteiger partial charge on any atom is 0.335 e. The van der Waals surface area contributed by atoms with Gasteiger partial charge in [-0.3, -0.25) is 0 Å². The molecule has 0 unspecified atom stereocenters. The molecular weight excluding hydrogens is 336 g/mol. The van der Waals surface area contributed by atoms with Crippen molar-refractivity contribution in [1.82, 2.24) is 0 Å². The van der Waals surface area contributed by atoms with Crippen molar-refractivity contribution in [3.05, 3.63) is 59.2 Å². The Bertz CT molecular complexity index is 810. The summed E-state index contributed by atoms with van der Waals surface area (Å²) in [7, 11) is 0. The van der Waals surface area contributed by atoms with E-state index in [-0.39, 0.29) is 5.41 Å². The second kappa shape index (κ2) is 7.63. The highest BCUT2D eigenvalue weighted by molar-refractivity contribution is 5.88. The van der Waals surface area contributed by atoms with Crippen LogP contribution in [-0.2, 0) is 11.8 Å². The first kappa shape index (κ1) is 19.3. The van der Waals surface area contributed by atoms with Gasteiger partial charge in [0.15, 0.2) is 0 Å². The number of aromatic carboxylic acids is 1. The average Bonchev–Trinajstić information content (AvgIpc) is 2.61. The van der Waals surface area contributed by atoms with Crippen molar-refractivity contribution in [1.29, 1.82) is 0 Å². The normalized spacial score (nSPS) is 15.5. The number of hydrogen-bond acceptors (Lipinski definition) is 3. The lowest BCUT2D eigenvalue weighted by molar-refractivity contribution is 0.0697. The van der Waals surface area contributed by atoms with Crippen molar-refractivity contribution < 1.29 is 9.90 Å². The van der Waals surface area contributed by atoms with Crippen LogP contribution in [0.15, 0.2) is 42.5 Å². The minimum absolute atomic E-state index is 0.226. The van der Waals surface area contributed by atoms with Crippen LogP contribution in [0, 0.1) is 0 Å². The zero-order valence-electron chi connectivity index (χ0n) is 16.7. The molecule has 0 saturated carbocycles. The van der Waals surface area contributed by atoms with Crippen LogP contribution in [-0.4, -0.2) is 30.2 Å². The van der Waals surface area contributed by atoms with Gasteiger partial charge >= 0.3 is 5.97 Å². The molecule has 0 amide bonds. The Morgan fingerprint density at radius 1 is 1.19 bits per heavy atom. The predicted octanol–water partition coefficient (Wildman–Crippen LogP) is 4.94. The molecule has 0 bridgehead atoms. The monoisotopic (exact) mass is 366 g/mol. The Balaban J connectivity index is 1.69. The molecule has 4 heteroatoms. The molecule has 0 aliphatic carbocycles. The number of rotatable bonds is 6. The van der Waals surface area contributed by atoms with Gasteiger partial charge in [0.05, 0.1) is 5.56 Å². The van der Waals surface area contributed by atoms with Crippen molar-refractivity contribution in [3.63, 3.8) is 0 Å². The summed E-state index contributed by atoms with van der Waals surface area (Å²) in [5, 5.41) is 12.4. The zero-order chi connectivity index (χ0) is 19.6. The van der Waals surface area contributed by atoms with E-state index in [0.717, 1.165) is 25.2 Å². The minimum atomic E-state index is -0.895. The SMILES string of the molecule is CC(C)N1CCC(C)(C)c2ccc(CCNc3ccc(C(=O)O)cc3)cc21. The first-order valence-electron chi connectivity index (χ1n) is 9.75. The van der Waals surface area contributed by atoms with Gasteiger partial charge in [-0.05, 0) is 73.6 Å². The summed E-state index contributed by atoms with van der Waals surface area (Å²) >= 11 is 0. The van der Waals surface area contributed by atoms with Crippen molar-refractivity contribution >= 4 is 17.3 Å². The van der Waals surface area contributed by atoms with Gasteiger partial charge in [0, 0.05) is 30.5 Å². The lowest BCUT2D eigenvalue weighted by Gasteiger charge is -2.42. The third-order valence-electron chi connectivity index (χ3n) is 5.58. The molecule has 0 atom stereocenters. The summed E-state index contributed by atoms with van der Waals surface area (Å²) in [6, 6.07) is 14.3. The van der Waals surface area contributed by atoms with Crippen LogP contribution in [0.2, 0.25) is 0 Å². The van der Waals surface area contributed by atoms with E-state index in [1.165, 1.54) is 23.2 Å². The van der Waals surface area contributed by atoms with Crippen LogP contribution in [0.1, 0.15) is 55.6 Å². The number of fused-ring (bicyclic) bond motifs is 1. The number of nitrogens with one attached hydrogen (secondary N) is 1. The topological polar surface area (TPSA) is 52.6 Å². The van der Waals surface area contributed by atoms with Gasteiger partial charge in [0.25, 0.3) is 0 Å². The summed E-state index contributed by atoms with van der Waals surface area (Å²) in [5.74, 6) is -0.895. The molecule has 1 heterocycles. The van der Waals surface area contributed by atoms with E-state index in [9.17, 15) is 4.79 Å². The van der Waals surface area contributed by atoms with Gasteiger partial charge in [0.2, 0.25) is 0 Å². The summed E-state index contributed by atoms with van der Waals surface area (Å²) < 4.78 is 0. The number of carbonyl (C=O) groups is 1. The van der Waals surface area contributed by atoms with Crippen molar-refractivity contribution in [3.8, 4) is 0 Å². The van der Waals surface area contributed by atoms with Gasteiger partial charge < -0.3 is 15.3 Å². The molecule has 0 aromatic heterocycles. The van der Waals surface area contributed by atoms with E-state index in [1.54, 1.807) is 12.1 Å². The molecule has 0 saturated heterocycles. The minimum Gasteiger partial charge on any atom is -0.478 e. The molecule has 0 spiro atoms. The maximum atomic E-state index is 10.9. The highest BCUT2D eigenvalue weighted by Crippen LogP contribution is 2.40. The van der Waals surface area contributed by atoms with Gasteiger partial charge in [-0.25, -0.2) is 4.79 Å². The van der Waals surface area contributed by atoms with E-state index in [4.69, 9.17) is 5.11 Å². The Hall–Kier alpha value is -2.49. The highest BCUT2D eigenvalue weighted by Gasteiger charge is 2.32. The summed E-state index contributed by atoms with van der Waals surface area (Å²) in [6.45, 7) is 11.1. The van der Waals surface area contributed by atoms with Gasteiger partial charge in [0.1, 0.15) is 0 Å². The van der Waals surface area contributed by atoms with Crippen molar-refractivity contribution in [2.24, 2.45) is 0 Å². The molecule has 1 aliphatic heterocycles. The summed E-state index contributed by atoms with van der Waals surface area (Å²) in [6.07, 6.45) is 2.12. The van der Waals surface area contributed by atoms with Crippen LogP contribution in [0.4, 0.5) is 11.4 Å². The molecule has 144 valence electrons. The van der Waals surface area contributed by atoms with Crippen LogP contribution in [0.3, 0.4) is 0 Å². The number of anilines is 2. The third kappa shape index (κ3) is 4.26. The van der Waals surface area contributed by atoms with Crippen LogP contribution in [0.25, 0.3) is 0 Å². The molecule has 1 aliphatic rings. The number of carboxylic acid groups (broad SMARTS) is 1. The first-order valence-corrected chi connectivity index (χ1v) is 9.75. The van der Waals surface area contributed by atoms with E-state index >= 15 is 0 Å². The lowest BCUT2D eigenvalue weighted by atomic mass is 9.77. The lowest BCUT2D eigenvalue weighted by Crippen LogP contribution is -2.41. The Morgan fingerprint density at radius 2 is 1.89 bits per heavy atom. The van der Waals surface area contributed by atoms with Crippen LogP contribution >= 0.6 is 0 Å². The maximum absolute atomic E-state index is 10.9. The molecule has 0 radical (unpaired) electrons. The molecule has 0 fully saturated rings. The second-order valence-electron chi connectivity index (χ2n) is 8.33. The standard InChI is InChI=1S/C23H30N2O2/c1-16(2)25-14-12-23(3,4)20-10-5-17(15-21(20)25)11-13-24-19-8-6-18(7-9-19)22(26)27/h5-10,15-16,24H,11-14H2,1-4H3,(H,26,27). The Labute approximate surface area is 162 Å². The average molecular weight is 367 g/mol. The fourth-order valence-corrected chi connectivity index (χ4v) is 3.82. The van der Waals surface area contributed by atoms with E-state index in [0.29, 0.717) is 11.6 Å². The van der Waals surface area contributed by atoms with Crippen molar-refractivity contribution in [2.45, 2.75) is 52.0 Å². The molecule has 3 rings (SSSR count). The zero-order valence-corrected chi connectivity index (χ0v) is 16.7. The van der Waals surface area contributed by atoms with Crippen LogP contribution in [0.5, 0.6) is 0 Å². The highest BCUT2D eigenvalue weighted by atomic mass is 16.4. The van der Waals surface area contributed by atoms with Crippen molar-refractivity contribution in [2.75, 3.05) is 23.3 Å². The fourth-order valence-electron chi connectivity index (χ4n) is 3.82. The van der Waals surface area contributed by atoms with E-state index in [1.807, 2.05) is 12.1 Å². The molecule has 27 heavy (non-hydrogen) atoms. The van der Waals surface area contributed by atoms with Crippen LogP contribution < -0.4 is 10.2 Å². The molecule has 2 N–H and O–H groups in total. The van der Waals surface area contributed by atoms with Gasteiger partial charge in [-0.2, -0.15) is 0 Å². The number of hydrogen-bond donors (Lipinski definition) is 2.